The van der Waals surface area contributed by atoms with Crippen LogP contribution in [0.4, 0.5) is 0 Å². The smallest absolute Gasteiger partial charge is 0 e. The molecule has 0 aromatic heterocycles. The molecule has 0 spiro atoms. The normalized spacial score (nSPS) is 6.75. The summed E-state index contributed by atoms with van der Waals surface area (Å²) < 4.78 is 3.97. The Morgan fingerprint density at radius 2 is 1.88 bits per heavy atom. The van der Waals surface area contributed by atoms with E-state index in [2.05, 4.69) is 2.64 Å². The monoisotopic (exact) mass is 398 g/mol. The zero-order valence-electron chi connectivity index (χ0n) is 3.68. The Labute approximate surface area is 77.7 Å². The third-order valence-electron chi connectivity index (χ3n) is 0.306. The van der Waals surface area contributed by atoms with Crippen LogP contribution in [0.1, 0.15) is 0 Å². The summed E-state index contributed by atoms with van der Waals surface area (Å²) in [4.78, 5) is 19.2. The Balaban J connectivity index is 0. The van der Waals surface area contributed by atoms with E-state index in [1.165, 1.54) is 0 Å². The van der Waals surface area contributed by atoms with E-state index >= 15 is 0 Å². The quantitative estimate of drug-likeness (QED) is 0.424. The van der Waals surface area contributed by atoms with Gasteiger partial charge in [0.1, 0.15) is 0 Å². The van der Waals surface area contributed by atoms with Crippen LogP contribution in [0, 0.1) is 0 Å². The minimum absolute atomic E-state index is 0. The van der Waals surface area contributed by atoms with Crippen molar-refractivity contribution in [1.82, 2.24) is 0 Å². The molecule has 4 nitrogen and oxygen atoms in total. The molecule has 0 saturated carbocycles. The fourth-order valence-electron chi connectivity index (χ4n) is 0.0617. The summed E-state index contributed by atoms with van der Waals surface area (Å²) in [5, 5.41) is 7.74. The van der Waals surface area contributed by atoms with Gasteiger partial charge in [0, 0.05) is 22.4 Å². The molecule has 0 fully saturated rings. The first-order valence-corrected chi connectivity index (χ1v) is 3.62. The first kappa shape index (κ1) is 11.4. The van der Waals surface area contributed by atoms with E-state index in [4.69, 9.17) is 5.11 Å². The van der Waals surface area contributed by atoms with Crippen LogP contribution < -0.4 is 0 Å². The van der Waals surface area contributed by atoms with Crippen LogP contribution in [0.3, 0.4) is 0 Å². The van der Waals surface area contributed by atoms with Crippen molar-refractivity contribution in [2.75, 3.05) is 0 Å². The van der Waals surface area contributed by atoms with Crippen LogP contribution in [0.25, 0.3) is 0 Å². The Morgan fingerprint density at radius 3 is 1.88 bits per heavy atom. The largest absolute Gasteiger partial charge is 0 e. The van der Waals surface area contributed by atoms with Gasteiger partial charge in [0.15, 0.2) is 0 Å². The molecule has 0 amide bonds. The number of hydrogen-bond donors (Lipinski definition) is 1. The predicted molar refractivity (Wildman–Crippen MR) is 13.7 cm³/mol. The van der Waals surface area contributed by atoms with E-state index in [9.17, 15) is 9.59 Å². The molecule has 1 N–H and O–H groups in total. The molecule has 6 heteroatoms. The van der Waals surface area contributed by atoms with Crippen molar-refractivity contribution in [1.29, 1.82) is 0 Å². The van der Waals surface area contributed by atoms with Crippen LogP contribution >= 0.6 is 0 Å². The number of rotatable bonds is 0. The Kier molecular flexibility index (Phi) is 8.20. The van der Waals surface area contributed by atoms with Crippen LogP contribution in [-0.2, 0) is 61.2 Å². The number of carboxylic acids is 1. The second kappa shape index (κ2) is 5.75. The molecule has 0 bridgehead atoms. The van der Waals surface area contributed by atoms with Gasteiger partial charge in [-0.05, 0) is 0 Å². The van der Waals surface area contributed by atoms with Gasteiger partial charge in [-0.3, -0.25) is 0 Å². The van der Waals surface area contributed by atoms with E-state index in [-0.39, 0.29) is 49.0 Å². The molecule has 0 atom stereocenters. The minimum Gasteiger partial charge on any atom is 0 e. The predicted octanol–water partition coefficient (Wildman–Crippen LogP) is -0.926. The van der Waals surface area contributed by atoms with Crippen LogP contribution in [0.15, 0.2) is 0 Å². The molecule has 0 rings (SSSR count). The third-order valence-corrected chi connectivity index (χ3v) is 1.32. The van der Waals surface area contributed by atoms with Gasteiger partial charge >= 0.3 is 55.9 Å². The molecule has 0 saturated heterocycles. The molecule has 0 aromatic carbocycles. The van der Waals surface area contributed by atoms with Crippen molar-refractivity contribution < 1.29 is 66.3 Å². The van der Waals surface area contributed by atoms with Gasteiger partial charge < -0.3 is 0 Å². The van der Waals surface area contributed by atoms with E-state index in [0.717, 1.165) is 0 Å². The van der Waals surface area contributed by atoms with Gasteiger partial charge in [0.25, 0.3) is 0 Å². The molecule has 1 radical (unpaired) electrons. The minimum atomic E-state index is -1.52. The number of aliphatic carboxylic acids is 1. The number of carbonyl (C=O) groups excluding carboxylic acids is 1. The van der Waals surface area contributed by atoms with Crippen molar-refractivity contribution >= 4 is 11.9 Å². The van der Waals surface area contributed by atoms with Crippen LogP contribution in [0.5, 0.6) is 0 Å². The van der Waals surface area contributed by atoms with Crippen molar-refractivity contribution in [3.63, 3.8) is 0 Å². The number of hydrogen-bond acceptors (Lipinski definition) is 3. The molecule has 0 unspecified atom stereocenters. The van der Waals surface area contributed by atoms with Gasteiger partial charge in [0.2, 0.25) is 0 Å². The van der Waals surface area contributed by atoms with Crippen molar-refractivity contribution in [3.05, 3.63) is 0 Å². The van der Waals surface area contributed by atoms with E-state index in [1.54, 1.807) is 0 Å². The van der Waals surface area contributed by atoms with Crippen LogP contribution in [-0.4, -0.2) is 17.0 Å². The molecule has 46 valence electrons. The second-order valence-corrected chi connectivity index (χ2v) is 1.86. The van der Waals surface area contributed by atoms with Crippen LogP contribution in [0.2, 0.25) is 0 Å². The average Bonchev–Trinajstić information content (AvgIpc) is 1.65. The Morgan fingerprint density at radius 1 is 1.50 bits per heavy atom. The summed E-state index contributed by atoms with van der Waals surface area (Å²) in [7, 11) is 0. The summed E-state index contributed by atoms with van der Waals surface area (Å²) in [5.41, 5.74) is 0. The molecule has 0 aromatic rings. The average molecular weight is 397 g/mol. The van der Waals surface area contributed by atoms with Gasteiger partial charge in [-0.25, -0.2) is 0 Å². The molecular formula is C2HAgHgO4. The molecule has 0 aliphatic rings. The molecule has 0 heterocycles. The topological polar surface area (TPSA) is 63.6 Å². The van der Waals surface area contributed by atoms with Crippen molar-refractivity contribution in [2.45, 2.75) is 0 Å². The second-order valence-electron chi connectivity index (χ2n) is 0.737. The maximum absolute atomic E-state index is 9.74. The summed E-state index contributed by atoms with van der Waals surface area (Å²) >= 11 is -0.208. The zero-order valence-corrected chi connectivity index (χ0v) is 10.7. The first-order chi connectivity index (χ1) is 3.18. The first-order valence-electron chi connectivity index (χ1n) is 1.37. The standard InChI is InChI=1S/C2H2O4.Ag.Hg/c3-1(4)2(5)6;;/h(H,3,4)(H,5,6);;/q;;+1/p-1. The number of carboxylic acid groups (broad SMARTS) is 1. The molecule has 0 aliphatic carbocycles. The summed E-state index contributed by atoms with van der Waals surface area (Å²) in [6.45, 7) is 0. The maximum Gasteiger partial charge on any atom is 0 e. The third kappa shape index (κ3) is 4.77. The summed E-state index contributed by atoms with van der Waals surface area (Å²) in [5.74, 6) is -2.67. The van der Waals surface area contributed by atoms with E-state index < -0.39 is 11.9 Å². The fourth-order valence-corrected chi connectivity index (χ4v) is 0.542. The van der Waals surface area contributed by atoms with Gasteiger partial charge in [-0.2, -0.15) is 0 Å². The Hall–Kier alpha value is 0.615. The fraction of sp³-hybridized carbons (Fsp3) is 0. The summed E-state index contributed by atoms with van der Waals surface area (Å²) in [6, 6.07) is 0. The summed E-state index contributed by atoms with van der Waals surface area (Å²) in [6.07, 6.45) is 0. The van der Waals surface area contributed by atoms with E-state index in [1.807, 2.05) is 0 Å². The van der Waals surface area contributed by atoms with Crippen molar-refractivity contribution in [2.24, 2.45) is 0 Å². The van der Waals surface area contributed by atoms with Gasteiger partial charge in [0.05, 0.1) is 0 Å². The molecular weight excluding hydrogens is 396 g/mol. The number of carbonyl (C=O) groups is 2. The molecule has 0 aliphatic heterocycles. The SMILES string of the molecule is O=C(O)C(=O)[O][Hg].[Ag]. The van der Waals surface area contributed by atoms with Crippen molar-refractivity contribution in [3.8, 4) is 0 Å². The maximum atomic E-state index is 9.74. The zero-order chi connectivity index (χ0) is 5.86. The van der Waals surface area contributed by atoms with Gasteiger partial charge in [-0.15, -0.1) is 0 Å². The van der Waals surface area contributed by atoms with E-state index in [0.29, 0.717) is 0 Å². The Bertz CT molecular complexity index is 102. The van der Waals surface area contributed by atoms with Gasteiger partial charge in [-0.1, -0.05) is 0 Å². The molecule has 8 heavy (non-hydrogen) atoms.